The number of rotatable bonds is 2. The van der Waals surface area contributed by atoms with Crippen LogP contribution in [0.5, 0.6) is 0 Å². The van der Waals surface area contributed by atoms with Crippen molar-refractivity contribution in [3.05, 3.63) is 28.7 Å². The van der Waals surface area contributed by atoms with Gasteiger partial charge in [0.25, 0.3) is 0 Å². The van der Waals surface area contributed by atoms with Crippen molar-refractivity contribution in [2.24, 2.45) is 16.7 Å². The van der Waals surface area contributed by atoms with Crippen LogP contribution in [-0.2, 0) is 0 Å². The van der Waals surface area contributed by atoms with Crippen molar-refractivity contribution in [2.75, 3.05) is 11.4 Å². The van der Waals surface area contributed by atoms with Gasteiger partial charge in [0, 0.05) is 16.7 Å². The molecule has 0 bridgehead atoms. The van der Waals surface area contributed by atoms with E-state index >= 15 is 0 Å². The molecule has 4 nitrogen and oxygen atoms in total. The van der Waals surface area contributed by atoms with E-state index in [1.165, 1.54) is 0 Å². The molecule has 1 rings (SSSR count). The molecule has 0 amide bonds. The fourth-order valence-corrected chi connectivity index (χ4v) is 1.58. The minimum absolute atomic E-state index is 0.311. The van der Waals surface area contributed by atoms with Crippen LogP contribution in [0.15, 0.2) is 33.8 Å². The second-order valence-corrected chi connectivity index (χ2v) is 3.63. The van der Waals surface area contributed by atoms with Gasteiger partial charge < -0.3 is 16.5 Å². The lowest BCUT2D eigenvalue weighted by molar-refractivity contribution is 1.02. The molecule has 0 saturated heterocycles. The smallest absolute Gasteiger partial charge is 0.217 e. The van der Waals surface area contributed by atoms with E-state index in [1.54, 1.807) is 0 Å². The number of hydrogen-bond acceptors (Lipinski definition) is 2. The summed E-state index contributed by atoms with van der Waals surface area (Å²) in [7, 11) is 0. The number of anilines is 1. The van der Waals surface area contributed by atoms with Gasteiger partial charge in [-0.1, -0.05) is 22.0 Å². The lowest BCUT2D eigenvalue weighted by Crippen LogP contribution is -2.38. The number of guanidine groups is 1. The standard InChI is InChI=1S/C9H13BrN4/c1-2-14(9(11)13-12)8-5-3-4-7(10)6-8/h3-6H,2,12H2,1H3,(H2,11,13). The number of halogens is 1. The molecular weight excluding hydrogens is 244 g/mol. The zero-order chi connectivity index (χ0) is 10.6. The molecule has 0 aliphatic carbocycles. The first kappa shape index (κ1) is 10.8. The topological polar surface area (TPSA) is 67.6 Å². The summed E-state index contributed by atoms with van der Waals surface area (Å²) in [6, 6.07) is 7.80. The molecule has 0 unspecified atom stereocenters. The van der Waals surface area contributed by atoms with E-state index in [4.69, 9.17) is 11.6 Å². The first-order valence-corrected chi connectivity index (χ1v) is 5.04. The lowest BCUT2D eigenvalue weighted by atomic mass is 10.3. The maximum Gasteiger partial charge on any atom is 0.217 e. The first-order valence-electron chi connectivity index (χ1n) is 4.25. The highest BCUT2D eigenvalue weighted by atomic mass is 79.9. The Morgan fingerprint density at radius 1 is 1.57 bits per heavy atom. The minimum atomic E-state index is 0.311. The predicted molar refractivity (Wildman–Crippen MR) is 63.0 cm³/mol. The molecule has 0 radical (unpaired) electrons. The summed E-state index contributed by atoms with van der Waals surface area (Å²) >= 11 is 3.39. The van der Waals surface area contributed by atoms with Gasteiger partial charge in [0.15, 0.2) is 0 Å². The van der Waals surface area contributed by atoms with Crippen LogP contribution < -0.4 is 16.5 Å². The van der Waals surface area contributed by atoms with Gasteiger partial charge in [-0.3, -0.25) is 0 Å². The second-order valence-electron chi connectivity index (χ2n) is 2.71. The van der Waals surface area contributed by atoms with Crippen LogP contribution in [0.2, 0.25) is 0 Å². The number of hydrogen-bond donors (Lipinski definition) is 2. The molecule has 0 atom stereocenters. The van der Waals surface area contributed by atoms with Crippen LogP contribution in [0.4, 0.5) is 5.69 Å². The Bertz CT molecular complexity index is 337. The summed E-state index contributed by atoms with van der Waals surface area (Å²) in [5.41, 5.74) is 6.61. The molecule has 1 aromatic carbocycles. The number of nitrogens with zero attached hydrogens (tertiary/aromatic N) is 2. The maximum atomic E-state index is 5.65. The van der Waals surface area contributed by atoms with Crippen LogP contribution >= 0.6 is 15.9 Å². The van der Waals surface area contributed by atoms with Crippen molar-refractivity contribution in [1.29, 1.82) is 0 Å². The molecular formula is C9H13BrN4. The summed E-state index contributed by atoms with van der Waals surface area (Å²) in [6.07, 6.45) is 0. The third-order valence-electron chi connectivity index (χ3n) is 1.84. The van der Waals surface area contributed by atoms with Crippen molar-refractivity contribution < 1.29 is 0 Å². The Morgan fingerprint density at radius 3 is 2.79 bits per heavy atom. The summed E-state index contributed by atoms with van der Waals surface area (Å²) in [4.78, 5) is 1.82. The Labute approximate surface area is 91.7 Å². The molecule has 0 aliphatic rings. The van der Waals surface area contributed by atoms with E-state index in [0.29, 0.717) is 5.96 Å². The van der Waals surface area contributed by atoms with E-state index in [-0.39, 0.29) is 0 Å². The molecule has 76 valence electrons. The van der Waals surface area contributed by atoms with Crippen molar-refractivity contribution in [1.82, 2.24) is 0 Å². The molecule has 1 aromatic rings. The Hall–Kier alpha value is -1.23. The highest BCUT2D eigenvalue weighted by molar-refractivity contribution is 9.10. The van der Waals surface area contributed by atoms with Gasteiger partial charge in [0.2, 0.25) is 5.96 Å². The van der Waals surface area contributed by atoms with Crippen LogP contribution in [0, 0.1) is 0 Å². The van der Waals surface area contributed by atoms with E-state index in [9.17, 15) is 0 Å². The van der Waals surface area contributed by atoms with E-state index in [2.05, 4.69) is 21.0 Å². The summed E-state index contributed by atoms with van der Waals surface area (Å²) in [6.45, 7) is 2.71. The van der Waals surface area contributed by atoms with Crippen LogP contribution in [0.1, 0.15) is 6.92 Å². The largest absolute Gasteiger partial charge is 0.368 e. The van der Waals surface area contributed by atoms with Crippen molar-refractivity contribution in [2.45, 2.75) is 6.92 Å². The van der Waals surface area contributed by atoms with Crippen molar-refractivity contribution in [3.8, 4) is 0 Å². The molecule has 0 saturated carbocycles. The lowest BCUT2D eigenvalue weighted by Gasteiger charge is -2.21. The Balaban J connectivity index is 3.01. The molecule has 0 aliphatic heterocycles. The maximum absolute atomic E-state index is 5.65. The van der Waals surface area contributed by atoms with E-state index < -0.39 is 0 Å². The SMILES string of the molecule is CCN(/C(N)=N/N)c1cccc(Br)c1. The fraction of sp³-hybridized carbons (Fsp3) is 0.222. The quantitative estimate of drug-likeness (QED) is 0.365. The molecule has 0 heterocycles. The molecule has 14 heavy (non-hydrogen) atoms. The fourth-order valence-electron chi connectivity index (χ4n) is 1.19. The minimum Gasteiger partial charge on any atom is -0.368 e. The Kier molecular flexibility index (Phi) is 3.76. The molecule has 0 spiro atoms. The van der Waals surface area contributed by atoms with Crippen molar-refractivity contribution >= 4 is 27.6 Å². The van der Waals surface area contributed by atoms with Gasteiger partial charge in [0.1, 0.15) is 0 Å². The van der Waals surface area contributed by atoms with E-state index in [1.807, 2.05) is 36.1 Å². The number of benzene rings is 1. The van der Waals surface area contributed by atoms with Gasteiger partial charge in [-0.2, -0.15) is 0 Å². The number of nitrogens with two attached hydrogens (primary N) is 2. The number of hydrazone groups is 1. The average molecular weight is 257 g/mol. The monoisotopic (exact) mass is 256 g/mol. The molecule has 0 fully saturated rings. The van der Waals surface area contributed by atoms with Gasteiger partial charge >= 0.3 is 0 Å². The Morgan fingerprint density at radius 2 is 2.29 bits per heavy atom. The van der Waals surface area contributed by atoms with Gasteiger partial charge in [0.05, 0.1) is 0 Å². The van der Waals surface area contributed by atoms with Gasteiger partial charge in [-0.25, -0.2) is 0 Å². The first-order chi connectivity index (χ1) is 6.69. The highest BCUT2D eigenvalue weighted by Gasteiger charge is 2.07. The van der Waals surface area contributed by atoms with E-state index in [0.717, 1.165) is 16.7 Å². The van der Waals surface area contributed by atoms with Gasteiger partial charge in [-0.15, -0.1) is 5.10 Å². The zero-order valence-corrected chi connectivity index (χ0v) is 9.53. The van der Waals surface area contributed by atoms with Crippen LogP contribution in [-0.4, -0.2) is 12.5 Å². The highest BCUT2D eigenvalue weighted by Crippen LogP contribution is 2.19. The summed E-state index contributed by atoms with van der Waals surface area (Å²) < 4.78 is 0.998. The molecule has 5 heteroatoms. The predicted octanol–water partition coefficient (Wildman–Crippen LogP) is 1.46. The molecule has 0 aromatic heterocycles. The second kappa shape index (κ2) is 4.85. The zero-order valence-electron chi connectivity index (χ0n) is 7.94. The summed E-state index contributed by atoms with van der Waals surface area (Å²) in [5.74, 6) is 5.44. The van der Waals surface area contributed by atoms with Crippen molar-refractivity contribution in [3.63, 3.8) is 0 Å². The van der Waals surface area contributed by atoms with Crippen LogP contribution in [0.3, 0.4) is 0 Å². The summed E-state index contributed by atoms with van der Waals surface area (Å²) in [5, 5.41) is 3.47. The average Bonchev–Trinajstić information content (AvgIpc) is 2.19. The third-order valence-corrected chi connectivity index (χ3v) is 2.34. The normalized spacial score (nSPS) is 11.4. The van der Waals surface area contributed by atoms with Gasteiger partial charge in [-0.05, 0) is 25.1 Å². The molecule has 4 N–H and O–H groups in total. The van der Waals surface area contributed by atoms with Crippen LogP contribution in [0.25, 0.3) is 0 Å². The third kappa shape index (κ3) is 2.38.